The van der Waals surface area contributed by atoms with Crippen LogP contribution < -0.4 is 11.5 Å². The monoisotopic (exact) mass is 234 g/mol. The number of aryl methyl sites for hydroxylation is 1. The molecule has 0 spiro atoms. The van der Waals surface area contributed by atoms with Crippen molar-refractivity contribution < 1.29 is 4.42 Å². The van der Waals surface area contributed by atoms with E-state index in [9.17, 15) is 4.79 Å². The standard InChI is InChI=1S/C13H18N2O2/c1-4-8(2)12(14)9-5-6-10-11(7-9)17-13(16)15(10)3/h5-8,12H,4,14H2,1-3H3. The smallest absolute Gasteiger partial charge is 0.408 e. The van der Waals surface area contributed by atoms with Gasteiger partial charge in [0.15, 0.2) is 5.58 Å². The highest BCUT2D eigenvalue weighted by atomic mass is 16.4. The first-order valence-corrected chi connectivity index (χ1v) is 5.89. The number of nitrogens with two attached hydrogens (primary N) is 1. The van der Waals surface area contributed by atoms with Gasteiger partial charge in [0.05, 0.1) is 5.52 Å². The van der Waals surface area contributed by atoms with E-state index in [0.717, 1.165) is 17.5 Å². The van der Waals surface area contributed by atoms with Crippen LogP contribution in [-0.4, -0.2) is 4.57 Å². The van der Waals surface area contributed by atoms with Crippen molar-refractivity contribution in [2.24, 2.45) is 18.7 Å². The van der Waals surface area contributed by atoms with Crippen LogP contribution in [0.3, 0.4) is 0 Å². The summed E-state index contributed by atoms with van der Waals surface area (Å²) < 4.78 is 6.65. The fourth-order valence-electron chi connectivity index (χ4n) is 1.94. The van der Waals surface area contributed by atoms with Gasteiger partial charge in [-0.3, -0.25) is 4.57 Å². The van der Waals surface area contributed by atoms with E-state index in [1.54, 1.807) is 7.05 Å². The molecule has 1 aromatic carbocycles. The van der Waals surface area contributed by atoms with Gasteiger partial charge in [0.2, 0.25) is 0 Å². The van der Waals surface area contributed by atoms with Crippen LogP contribution in [0.4, 0.5) is 0 Å². The van der Waals surface area contributed by atoms with Gasteiger partial charge in [-0.2, -0.15) is 0 Å². The lowest BCUT2D eigenvalue weighted by Gasteiger charge is -2.18. The summed E-state index contributed by atoms with van der Waals surface area (Å²) in [6.45, 7) is 4.24. The van der Waals surface area contributed by atoms with E-state index in [2.05, 4.69) is 13.8 Å². The van der Waals surface area contributed by atoms with Crippen molar-refractivity contribution in [2.75, 3.05) is 0 Å². The van der Waals surface area contributed by atoms with E-state index in [0.29, 0.717) is 11.5 Å². The first-order valence-electron chi connectivity index (χ1n) is 5.89. The fourth-order valence-corrected chi connectivity index (χ4v) is 1.94. The van der Waals surface area contributed by atoms with Crippen LogP contribution in [0.1, 0.15) is 31.9 Å². The van der Waals surface area contributed by atoms with Crippen LogP contribution in [0.5, 0.6) is 0 Å². The van der Waals surface area contributed by atoms with Crippen LogP contribution in [0, 0.1) is 5.92 Å². The first-order chi connectivity index (χ1) is 8.04. The molecule has 2 unspecified atom stereocenters. The number of hydrogen-bond acceptors (Lipinski definition) is 3. The number of nitrogens with zero attached hydrogens (tertiary/aromatic N) is 1. The quantitative estimate of drug-likeness (QED) is 0.885. The Bertz CT molecular complexity index is 583. The van der Waals surface area contributed by atoms with Crippen molar-refractivity contribution in [3.05, 3.63) is 34.3 Å². The lowest BCUT2D eigenvalue weighted by atomic mass is 9.93. The third-order valence-electron chi connectivity index (χ3n) is 3.46. The average Bonchev–Trinajstić information content (AvgIpc) is 2.62. The zero-order valence-corrected chi connectivity index (χ0v) is 10.4. The molecule has 0 saturated carbocycles. The number of fused-ring (bicyclic) bond motifs is 1. The number of benzene rings is 1. The molecule has 4 heteroatoms. The van der Waals surface area contributed by atoms with Gasteiger partial charge in [-0.25, -0.2) is 4.79 Å². The topological polar surface area (TPSA) is 61.2 Å². The second-order valence-electron chi connectivity index (χ2n) is 4.57. The van der Waals surface area contributed by atoms with Crippen molar-refractivity contribution in [3.63, 3.8) is 0 Å². The Kier molecular flexibility index (Phi) is 3.07. The highest BCUT2D eigenvalue weighted by molar-refractivity contribution is 5.73. The third-order valence-corrected chi connectivity index (χ3v) is 3.46. The van der Waals surface area contributed by atoms with Gasteiger partial charge in [-0.1, -0.05) is 26.3 Å². The van der Waals surface area contributed by atoms with Crippen molar-refractivity contribution in [3.8, 4) is 0 Å². The van der Waals surface area contributed by atoms with Crippen molar-refractivity contribution in [2.45, 2.75) is 26.3 Å². The Labute approximate surface area is 100 Å². The fraction of sp³-hybridized carbons (Fsp3) is 0.462. The molecule has 0 saturated heterocycles. The normalized spacial score (nSPS) is 15.1. The molecule has 0 radical (unpaired) electrons. The largest absolute Gasteiger partial charge is 0.419 e. The number of aromatic nitrogens is 1. The summed E-state index contributed by atoms with van der Waals surface area (Å²) in [5.74, 6) is 0.0668. The molecule has 0 aliphatic rings. The van der Waals surface area contributed by atoms with Crippen molar-refractivity contribution in [1.29, 1.82) is 0 Å². The molecule has 2 rings (SSSR count). The molecule has 0 aliphatic carbocycles. The van der Waals surface area contributed by atoms with E-state index in [-0.39, 0.29) is 11.8 Å². The molecule has 92 valence electrons. The first kappa shape index (κ1) is 11.9. The second kappa shape index (κ2) is 4.37. The van der Waals surface area contributed by atoms with E-state index >= 15 is 0 Å². The van der Waals surface area contributed by atoms with E-state index < -0.39 is 0 Å². The zero-order valence-electron chi connectivity index (χ0n) is 10.4. The van der Waals surface area contributed by atoms with Gasteiger partial charge in [0.25, 0.3) is 0 Å². The van der Waals surface area contributed by atoms with Gasteiger partial charge in [-0.05, 0) is 23.6 Å². The summed E-state index contributed by atoms with van der Waals surface area (Å²) in [5.41, 5.74) is 8.58. The SMILES string of the molecule is CCC(C)C(N)c1ccc2c(c1)oc(=O)n2C. The van der Waals surface area contributed by atoms with Gasteiger partial charge < -0.3 is 10.2 Å². The molecule has 0 bridgehead atoms. The average molecular weight is 234 g/mol. The second-order valence-corrected chi connectivity index (χ2v) is 4.57. The molecule has 0 fully saturated rings. The summed E-state index contributed by atoms with van der Waals surface area (Å²) in [7, 11) is 1.70. The predicted molar refractivity (Wildman–Crippen MR) is 67.8 cm³/mol. The lowest BCUT2D eigenvalue weighted by Crippen LogP contribution is -2.18. The summed E-state index contributed by atoms with van der Waals surface area (Å²) in [6, 6.07) is 5.70. The Morgan fingerprint density at radius 3 is 2.82 bits per heavy atom. The Morgan fingerprint density at radius 1 is 1.47 bits per heavy atom. The molecule has 2 aromatic rings. The highest BCUT2D eigenvalue weighted by Gasteiger charge is 2.15. The molecule has 17 heavy (non-hydrogen) atoms. The summed E-state index contributed by atoms with van der Waals surface area (Å²) in [6.07, 6.45) is 1.03. The Balaban J connectivity index is 2.48. The van der Waals surface area contributed by atoms with Gasteiger partial charge in [-0.15, -0.1) is 0 Å². The van der Waals surface area contributed by atoms with Gasteiger partial charge >= 0.3 is 5.76 Å². The third kappa shape index (κ3) is 2.00. The zero-order chi connectivity index (χ0) is 12.6. The molecule has 4 nitrogen and oxygen atoms in total. The van der Waals surface area contributed by atoms with Gasteiger partial charge in [0.1, 0.15) is 0 Å². The van der Waals surface area contributed by atoms with Crippen LogP contribution >= 0.6 is 0 Å². The minimum absolute atomic E-state index is 0.0186. The Hall–Kier alpha value is -1.55. The number of hydrogen-bond donors (Lipinski definition) is 1. The van der Waals surface area contributed by atoms with Crippen molar-refractivity contribution in [1.82, 2.24) is 4.57 Å². The number of rotatable bonds is 3. The molecule has 1 heterocycles. The minimum Gasteiger partial charge on any atom is -0.408 e. The lowest BCUT2D eigenvalue weighted by molar-refractivity contribution is 0.456. The molecule has 1 aromatic heterocycles. The van der Waals surface area contributed by atoms with Gasteiger partial charge in [0, 0.05) is 13.1 Å². The molecular weight excluding hydrogens is 216 g/mol. The molecule has 2 N–H and O–H groups in total. The van der Waals surface area contributed by atoms with Crippen LogP contribution in [-0.2, 0) is 7.05 Å². The maximum Gasteiger partial charge on any atom is 0.419 e. The summed E-state index contributed by atoms with van der Waals surface area (Å²) in [5, 5.41) is 0. The Morgan fingerprint density at radius 2 is 2.18 bits per heavy atom. The predicted octanol–water partition coefficient (Wildman–Crippen LogP) is 2.18. The highest BCUT2D eigenvalue weighted by Crippen LogP contribution is 2.24. The van der Waals surface area contributed by atoms with Crippen LogP contribution in [0.25, 0.3) is 11.1 Å². The van der Waals surface area contributed by atoms with Crippen molar-refractivity contribution >= 4 is 11.1 Å². The van der Waals surface area contributed by atoms with E-state index in [4.69, 9.17) is 10.2 Å². The molecular formula is C13H18N2O2. The van der Waals surface area contributed by atoms with E-state index in [1.807, 2.05) is 18.2 Å². The maximum absolute atomic E-state index is 11.4. The molecule has 0 amide bonds. The van der Waals surface area contributed by atoms with Crippen LogP contribution in [0.15, 0.2) is 27.4 Å². The number of oxazole rings is 1. The molecule has 0 aliphatic heterocycles. The van der Waals surface area contributed by atoms with E-state index in [1.165, 1.54) is 4.57 Å². The molecule has 2 atom stereocenters. The summed E-state index contributed by atoms with van der Waals surface area (Å²) >= 11 is 0. The van der Waals surface area contributed by atoms with Crippen LogP contribution in [0.2, 0.25) is 0 Å². The minimum atomic E-state index is -0.339. The maximum atomic E-state index is 11.4. The summed E-state index contributed by atoms with van der Waals surface area (Å²) in [4.78, 5) is 11.4.